The molecule has 1 aromatic heterocycles. The summed E-state index contributed by atoms with van der Waals surface area (Å²) < 4.78 is 5.14. The lowest BCUT2D eigenvalue weighted by atomic mass is 10.1. The molecule has 0 aliphatic carbocycles. The molecule has 0 saturated heterocycles. The number of hydrogen-bond donors (Lipinski definition) is 0. The quantitative estimate of drug-likeness (QED) is 0.814. The average molecular weight is 286 g/mol. The van der Waals surface area contributed by atoms with Gasteiger partial charge in [0.1, 0.15) is 5.76 Å². The fraction of sp³-hybridized carbons (Fsp3) is 0.412. The van der Waals surface area contributed by atoms with Gasteiger partial charge in [0.15, 0.2) is 0 Å². The summed E-state index contributed by atoms with van der Waals surface area (Å²) in [5.74, 6) is 0.813. The lowest BCUT2D eigenvalue weighted by Crippen LogP contribution is -2.33. The van der Waals surface area contributed by atoms with Crippen molar-refractivity contribution in [1.29, 1.82) is 0 Å². The largest absolute Gasteiger partial charge is 0.361 e. The van der Waals surface area contributed by atoms with Crippen molar-refractivity contribution in [3.63, 3.8) is 0 Å². The molecule has 0 aliphatic heterocycles. The molecule has 1 amide bonds. The van der Waals surface area contributed by atoms with Crippen LogP contribution in [0.2, 0.25) is 0 Å². The number of benzene rings is 1. The van der Waals surface area contributed by atoms with Gasteiger partial charge in [-0.25, -0.2) is 0 Å². The van der Waals surface area contributed by atoms with E-state index in [1.807, 2.05) is 49.1 Å². The van der Waals surface area contributed by atoms with Gasteiger partial charge in [0.05, 0.1) is 12.1 Å². The van der Waals surface area contributed by atoms with E-state index in [9.17, 15) is 4.79 Å². The van der Waals surface area contributed by atoms with Crippen LogP contribution in [0.5, 0.6) is 0 Å². The van der Waals surface area contributed by atoms with E-state index in [1.54, 1.807) is 0 Å². The molecule has 0 saturated carbocycles. The minimum absolute atomic E-state index is 0.0871. The molecule has 2 aromatic rings. The Morgan fingerprint density at radius 2 is 1.95 bits per heavy atom. The highest BCUT2D eigenvalue weighted by atomic mass is 16.5. The van der Waals surface area contributed by atoms with Crippen LogP contribution in [0.4, 0.5) is 5.69 Å². The number of amides is 1. The predicted molar refractivity (Wildman–Crippen MR) is 83.4 cm³/mol. The molecule has 0 N–H and O–H groups in total. The van der Waals surface area contributed by atoms with Crippen LogP contribution in [0, 0.1) is 13.8 Å². The minimum Gasteiger partial charge on any atom is -0.361 e. The van der Waals surface area contributed by atoms with Crippen molar-refractivity contribution in [3.8, 4) is 0 Å². The van der Waals surface area contributed by atoms with Gasteiger partial charge in [-0.1, -0.05) is 36.7 Å². The SMILES string of the molecule is CCCCN(C(=O)Cc1c(C)noc1C)c1ccccc1. The normalized spacial score (nSPS) is 10.6. The topological polar surface area (TPSA) is 46.3 Å². The molecule has 0 unspecified atom stereocenters. The molecule has 4 heteroatoms. The van der Waals surface area contributed by atoms with Gasteiger partial charge < -0.3 is 9.42 Å². The second-order valence-corrected chi connectivity index (χ2v) is 5.21. The van der Waals surface area contributed by atoms with Crippen LogP contribution >= 0.6 is 0 Å². The van der Waals surface area contributed by atoms with E-state index in [2.05, 4.69) is 12.1 Å². The lowest BCUT2D eigenvalue weighted by Gasteiger charge is -2.22. The van der Waals surface area contributed by atoms with Crippen molar-refractivity contribution in [2.24, 2.45) is 0 Å². The van der Waals surface area contributed by atoms with Crippen molar-refractivity contribution >= 4 is 11.6 Å². The zero-order chi connectivity index (χ0) is 15.2. The molecule has 0 aliphatic rings. The van der Waals surface area contributed by atoms with E-state index in [0.717, 1.165) is 42.1 Å². The Labute approximate surface area is 125 Å². The number of para-hydroxylation sites is 1. The number of carbonyl (C=O) groups excluding carboxylic acids is 1. The van der Waals surface area contributed by atoms with Crippen LogP contribution < -0.4 is 4.90 Å². The molecule has 112 valence electrons. The monoisotopic (exact) mass is 286 g/mol. The summed E-state index contributed by atoms with van der Waals surface area (Å²) in [7, 11) is 0. The third-order valence-corrected chi connectivity index (χ3v) is 3.61. The van der Waals surface area contributed by atoms with Gasteiger partial charge in [0.2, 0.25) is 5.91 Å². The van der Waals surface area contributed by atoms with Gasteiger partial charge in [0.25, 0.3) is 0 Å². The molecule has 0 atom stereocenters. The van der Waals surface area contributed by atoms with Gasteiger partial charge >= 0.3 is 0 Å². The standard InChI is InChI=1S/C17H22N2O2/c1-4-5-11-19(15-9-7-6-8-10-15)17(20)12-16-13(2)18-21-14(16)3/h6-10H,4-5,11-12H2,1-3H3. The number of nitrogens with zero attached hydrogens (tertiary/aromatic N) is 2. The Balaban J connectivity index is 2.19. The Hall–Kier alpha value is -2.10. The summed E-state index contributed by atoms with van der Waals surface area (Å²) in [6, 6.07) is 9.82. The second kappa shape index (κ2) is 7.07. The molecular weight excluding hydrogens is 264 g/mol. The Kier molecular flexibility index (Phi) is 5.14. The molecule has 0 radical (unpaired) electrons. The van der Waals surface area contributed by atoms with E-state index >= 15 is 0 Å². The maximum absolute atomic E-state index is 12.7. The van der Waals surface area contributed by atoms with Crippen molar-refractivity contribution in [2.75, 3.05) is 11.4 Å². The summed E-state index contributed by atoms with van der Waals surface area (Å²) >= 11 is 0. The van der Waals surface area contributed by atoms with E-state index in [1.165, 1.54) is 0 Å². The first-order valence-electron chi connectivity index (χ1n) is 7.40. The van der Waals surface area contributed by atoms with Crippen LogP contribution in [0.1, 0.15) is 36.8 Å². The second-order valence-electron chi connectivity index (χ2n) is 5.21. The molecule has 4 nitrogen and oxygen atoms in total. The number of anilines is 1. The minimum atomic E-state index is 0.0871. The van der Waals surface area contributed by atoms with Gasteiger partial charge in [-0.3, -0.25) is 4.79 Å². The molecule has 1 heterocycles. The van der Waals surface area contributed by atoms with Gasteiger partial charge in [-0.05, 0) is 32.4 Å². The summed E-state index contributed by atoms with van der Waals surface area (Å²) in [5.41, 5.74) is 2.64. The van der Waals surface area contributed by atoms with Crippen LogP contribution in [0.3, 0.4) is 0 Å². The number of carbonyl (C=O) groups is 1. The summed E-state index contributed by atoms with van der Waals surface area (Å²) in [4.78, 5) is 14.5. The van der Waals surface area contributed by atoms with Crippen molar-refractivity contribution in [2.45, 2.75) is 40.0 Å². The number of rotatable bonds is 6. The first kappa shape index (κ1) is 15.3. The van der Waals surface area contributed by atoms with Crippen LogP contribution in [0.25, 0.3) is 0 Å². The van der Waals surface area contributed by atoms with Crippen LogP contribution in [-0.4, -0.2) is 17.6 Å². The van der Waals surface area contributed by atoms with Gasteiger partial charge in [-0.15, -0.1) is 0 Å². The maximum Gasteiger partial charge on any atom is 0.231 e. The van der Waals surface area contributed by atoms with Crippen molar-refractivity contribution in [3.05, 3.63) is 47.3 Å². The van der Waals surface area contributed by atoms with Crippen LogP contribution in [0.15, 0.2) is 34.9 Å². The summed E-state index contributed by atoms with van der Waals surface area (Å²) in [5, 5.41) is 3.92. The lowest BCUT2D eigenvalue weighted by molar-refractivity contribution is -0.118. The summed E-state index contributed by atoms with van der Waals surface area (Å²) in [6.07, 6.45) is 2.38. The smallest absolute Gasteiger partial charge is 0.231 e. The highest BCUT2D eigenvalue weighted by molar-refractivity contribution is 5.94. The average Bonchev–Trinajstić information content (AvgIpc) is 2.81. The van der Waals surface area contributed by atoms with Crippen molar-refractivity contribution in [1.82, 2.24) is 5.16 Å². The van der Waals surface area contributed by atoms with Crippen LogP contribution in [-0.2, 0) is 11.2 Å². The number of hydrogen-bond acceptors (Lipinski definition) is 3. The van der Waals surface area contributed by atoms with E-state index in [0.29, 0.717) is 6.42 Å². The molecule has 21 heavy (non-hydrogen) atoms. The fourth-order valence-corrected chi connectivity index (χ4v) is 2.32. The van der Waals surface area contributed by atoms with E-state index in [4.69, 9.17) is 4.52 Å². The summed E-state index contributed by atoms with van der Waals surface area (Å²) in [6.45, 7) is 6.59. The van der Waals surface area contributed by atoms with E-state index < -0.39 is 0 Å². The third-order valence-electron chi connectivity index (χ3n) is 3.61. The molecule has 1 aromatic carbocycles. The highest BCUT2D eigenvalue weighted by Crippen LogP contribution is 2.19. The number of aromatic nitrogens is 1. The zero-order valence-electron chi connectivity index (χ0n) is 12.9. The molecular formula is C17H22N2O2. The molecule has 2 rings (SSSR count). The Morgan fingerprint density at radius 1 is 1.24 bits per heavy atom. The van der Waals surface area contributed by atoms with Crippen molar-refractivity contribution < 1.29 is 9.32 Å². The number of aryl methyl sites for hydroxylation is 2. The first-order chi connectivity index (χ1) is 10.1. The number of unbranched alkanes of at least 4 members (excludes halogenated alkanes) is 1. The Morgan fingerprint density at radius 3 is 2.52 bits per heavy atom. The van der Waals surface area contributed by atoms with Gasteiger partial charge in [0, 0.05) is 17.8 Å². The Bertz CT molecular complexity index is 571. The van der Waals surface area contributed by atoms with Gasteiger partial charge in [-0.2, -0.15) is 0 Å². The first-order valence-corrected chi connectivity index (χ1v) is 7.40. The molecule has 0 bridgehead atoms. The zero-order valence-corrected chi connectivity index (χ0v) is 12.9. The molecule has 0 fully saturated rings. The predicted octanol–water partition coefficient (Wildman–Crippen LogP) is 3.67. The molecule has 0 spiro atoms. The van der Waals surface area contributed by atoms with E-state index in [-0.39, 0.29) is 5.91 Å². The fourth-order valence-electron chi connectivity index (χ4n) is 2.32. The third kappa shape index (κ3) is 3.72. The highest BCUT2D eigenvalue weighted by Gasteiger charge is 2.19. The maximum atomic E-state index is 12.7.